The standard InChI is InChI=1S/C23H16ClF2N3O4/c1-31-22(30)16-7-5-12-9-20-27-15-8-6-13(24)10-17(15)29(20)11-14-18(32-21(12)28-16)3-2-4-19(14)33-23(25)26/h2-8,10,23H,9,11H2,1H3. The molecule has 1 aliphatic rings. The van der Waals surface area contributed by atoms with E-state index in [0.717, 1.165) is 5.52 Å². The maximum Gasteiger partial charge on any atom is 0.387 e. The smallest absolute Gasteiger partial charge is 0.387 e. The first-order valence-corrected chi connectivity index (χ1v) is 10.3. The number of esters is 1. The molecular weight excluding hydrogens is 456 g/mol. The van der Waals surface area contributed by atoms with Gasteiger partial charge in [0.1, 0.15) is 17.3 Å². The Bertz CT molecular complexity index is 1390. The predicted molar refractivity (Wildman–Crippen MR) is 115 cm³/mol. The Morgan fingerprint density at radius 3 is 2.82 bits per heavy atom. The number of pyridine rings is 1. The summed E-state index contributed by atoms with van der Waals surface area (Å²) in [7, 11) is 1.25. The third kappa shape index (κ3) is 3.95. The molecule has 0 radical (unpaired) electrons. The quantitative estimate of drug-likeness (QED) is 0.336. The number of hydrogen-bond acceptors (Lipinski definition) is 6. The normalized spacial score (nSPS) is 12.6. The van der Waals surface area contributed by atoms with E-state index >= 15 is 0 Å². The third-order valence-electron chi connectivity index (χ3n) is 5.30. The highest BCUT2D eigenvalue weighted by Gasteiger charge is 2.24. The summed E-state index contributed by atoms with van der Waals surface area (Å²) in [6, 6.07) is 13.1. The highest BCUT2D eigenvalue weighted by atomic mass is 35.5. The van der Waals surface area contributed by atoms with Gasteiger partial charge in [0.25, 0.3) is 0 Å². The van der Waals surface area contributed by atoms with Crippen molar-refractivity contribution in [2.75, 3.05) is 7.11 Å². The van der Waals surface area contributed by atoms with Gasteiger partial charge in [-0.2, -0.15) is 8.78 Å². The number of methoxy groups -OCH3 is 1. The molecule has 10 heteroatoms. The first-order chi connectivity index (χ1) is 15.9. The van der Waals surface area contributed by atoms with E-state index in [1.165, 1.54) is 19.2 Å². The first kappa shape index (κ1) is 21.1. The fraction of sp³-hybridized carbons (Fsp3) is 0.174. The van der Waals surface area contributed by atoms with Crippen molar-refractivity contribution in [1.29, 1.82) is 0 Å². The Balaban J connectivity index is 1.76. The molecule has 33 heavy (non-hydrogen) atoms. The number of ether oxygens (including phenoxy) is 3. The highest BCUT2D eigenvalue weighted by molar-refractivity contribution is 6.31. The van der Waals surface area contributed by atoms with Gasteiger partial charge in [-0.1, -0.05) is 23.7 Å². The van der Waals surface area contributed by atoms with Crippen LogP contribution in [0.2, 0.25) is 5.02 Å². The minimum atomic E-state index is -3.02. The Morgan fingerprint density at radius 1 is 1.18 bits per heavy atom. The fourth-order valence-electron chi connectivity index (χ4n) is 3.80. The summed E-state index contributed by atoms with van der Waals surface area (Å²) in [5.74, 6) is 0.389. The summed E-state index contributed by atoms with van der Waals surface area (Å²) >= 11 is 6.22. The van der Waals surface area contributed by atoms with Crippen LogP contribution in [0.5, 0.6) is 17.4 Å². The molecule has 0 bridgehead atoms. The molecule has 0 spiro atoms. The molecule has 0 aliphatic carbocycles. The topological polar surface area (TPSA) is 75.5 Å². The van der Waals surface area contributed by atoms with E-state index in [1.807, 2.05) is 4.57 Å². The Hall–Kier alpha value is -3.72. The maximum absolute atomic E-state index is 13.2. The molecule has 5 rings (SSSR count). The third-order valence-corrected chi connectivity index (χ3v) is 5.54. The van der Waals surface area contributed by atoms with Crippen molar-refractivity contribution in [2.45, 2.75) is 19.6 Å². The van der Waals surface area contributed by atoms with E-state index in [2.05, 4.69) is 4.98 Å². The van der Waals surface area contributed by atoms with E-state index in [-0.39, 0.29) is 29.6 Å². The lowest BCUT2D eigenvalue weighted by molar-refractivity contribution is -0.0505. The van der Waals surface area contributed by atoms with Crippen LogP contribution in [-0.4, -0.2) is 34.2 Å². The van der Waals surface area contributed by atoms with E-state index in [4.69, 9.17) is 30.8 Å². The second-order valence-electron chi connectivity index (χ2n) is 7.29. The number of carbonyl (C=O) groups excluding carboxylic acids is 1. The molecule has 0 N–H and O–H groups in total. The molecule has 4 aromatic rings. The van der Waals surface area contributed by atoms with Crippen LogP contribution in [0, 0.1) is 0 Å². The van der Waals surface area contributed by atoms with Gasteiger partial charge >= 0.3 is 12.6 Å². The van der Waals surface area contributed by atoms with Gasteiger partial charge in [-0.3, -0.25) is 0 Å². The zero-order chi connectivity index (χ0) is 23.1. The van der Waals surface area contributed by atoms with Gasteiger partial charge in [0.15, 0.2) is 5.69 Å². The molecule has 3 heterocycles. The monoisotopic (exact) mass is 471 g/mol. The number of fused-ring (bicyclic) bond motifs is 5. The predicted octanol–water partition coefficient (Wildman–Crippen LogP) is 5.22. The SMILES string of the molecule is COC(=O)c1ccc2c(n1)Oc1cccc(OC(F)F)c1Cn1c(nc3ccc(Cl)cc31)C2. The summed E-state index contributed by atoms with van der Waals surface area (Å²) in [4.78, 5) is 21.0. The number of carbonyl (C=O) groups is 1. The molecule has 0 amide bonds. The summed E-state index contributed by atoms with van der Waals surface area (Å²) in [5.41, 5.74) is 2.51. The molecule has 0 saturated carbocycles. The van der Waals surface area contributed by atoms with E-state index < -0.39 is 12.6 Å². The van der Waals surface area contributed by atoms with Gasteiger partial charge in [-0.15, -0.1) is 0 Å². The minimum Gasteiger partial charge on any atom is -0.464 e. The Morgan fingerprint density at radius 2 is 2.03 bits per heavy atom. The molecule has 0 unspecified atom stereocenters. The molecule has 2 aromatic heterocycles. The molecule has 7 nitrogen and oxygen atoms in total. The van der Waals surface area contributed by atoms with Crippen LogP contribution in [0.4, 0.5) is 8.78 Å². The number of imidazole rings is 1. The average Bonchev–Trinajstić information content (AvgIpc) is 3.14. The number of aromatic nitrogens is 3. The minimum absolute atomic E-state index is 0.0371. The molecule has 2 aromatic carbocycles. The second-order valence-corrected chi connectivity index (χ2v) is 7.73. The molecule has 168 valence electrons. The summed E-state index contributed by atoms with van der Waals surface area (Å²) in [6.45, 7) is -2.88. The van der Waals surface area contributed by atoms with Crippen LogP contribution in [0.3, 0.4) is 0 Å². The lowest BCUT2D eigenvalue weighted by atomic mass is 10.1. The Kier molecular flexibility index (Phi) is 5.33. The van der Waals surface area contributed by atoms with E-state index in [0.29, 0.717) is 33.9 Å². The van der Waals surface area contributed by atoms with Crippen LogP contribution >= 0.6 is 11.6 Å². The number of alkyl halides is 2. The molecule has 0 atom stereocenters. The number of benzene rings is 2. The Labute approximate surface area is 191 Å². The fourth-order valence-corrected chi connectivity index (χ4v) is 3.97. The largest absolute Gasteiger partial charge is 0.464 e. The number of halogens is 3. The highest BCUT2D eigenvalue weighted by Crippen LogP contribution is 2.37. The lowest BCUT2D eigenvalue weighted by Gasteiger charge is -2.16. The van der Waals surface area contributed by atoms with Crippen LogP contribution in [-0.2, 0) is 17.7 Å². The van der Waals surface area contributed by atoms with Gasteiger partial charge in [0.05, 0.1) is 30.3 Å². The van der Waals surface area contributed by atoms with Gasteiger partial charge in [-0.05, 0) is 36.4 Å². The zero-order valence-corrected chi connectivity index (χ0v) is 18.0. The van der Waals surface area contributed by atoms with Crippen molar-refractivity contribution in [3.8, 4) is 17.4 Å². The van der Waals surface area contributed by atoms with Crippen LogP contribution in [0.15, 0.2) is 48.5 Å². The van der Waals surface area contributed by atoms with Gasteiger partial charge in [-0.25, -0.2) is 14.8 Å². The lowest BCUT2D eigenvalue weighted by Crippen LogP contribution is -2.09. The first-order valence-electron chi connectivity index (χ1n) is 9.90. The maximum atomic E-state index is 13.2. The van der Waals surface area contributed by atoms with Crippen molar-refractivity contribution < 1.29 is 27.8 Å². The van der Waals surface area contributed by atoms with Crippen molar-refractivity contribution in [3.05, 3.63) is 76.2 Å². The average molecular weight is 472 g/mol. The number of nitrogens with zero attached hydrogens (tertiary/aromatic N) is 3. The van der Waals surface area contributed by atoms with Crippen LogP contribution in [0.25, 0.3) is 11.0 Å². The van der Waals surface area contributed by atoms with Crippen LogP contribution < -0.4 is 9.47 Å². The summed E-state index contributed by atoms with van der Waals surface area (Å²) in [6.07, 6.45) is 0.315. The zero-order valence-electron chi connectivity index (χ0n) is 17.2. The van der Waals surface area contributed by atoms with Gasteiger partial charge in [0.2, 0.25) is 5.88 Å². The molecule has 0 saturated heterocycles. The van der Waals surface area contributed by atoms with Crippen molar-refractivity contribution in [1.82, 2.24) is 14.5 Å². The number of hydrogen-bond donors (Lipinski definition) is 0. The van der Waals surface area contributed by atoms with Crippen molar-refractivity contribution >= 4 is 28.6 Å². The molecule has 0 fully saturated rings. The van der Waals surface area contributed by atoms with Crippen molar-refractivity contribution in [2.24, 2.45) is 0 Å². The second kappa shape index (κ2) is 8.32. The molecule has 1 aliphatic heterocycles. The van der Waals surface area contributed by atoms with Gasteiger partial charge < -0.3 is 18.8 Å². The summed E-state index contributed by atoms with van der Waals surface area (Å²) in [5, 5.41) is 0.517. The van der Waals surface area contributed by atoms with Gasteiger partial charge in [0, 0.05) is 17.0 Å². The van der Waals surface area contributed by atoms with E-state index in [9.17, 15) is 13.6 Å². The van der Waals surface area contributed by atoms with Crippen molar-refractivity contribution in [3.63, 3.8) is 0 Å². The molecular formula is C23H16ClF2N3O4. The van der Waals surface area contributed by atoms with Crippen LogP contribution in [0.1, 0.15) is 27.4 Å². The summed E-state index contributed by atoms with van der Waals surface area (Å²) < 4.78 is 43.8. The van der Waals surface area contributed by atoms with E-state index in [1.54, 1.807) is 36.4 Å². The number of rotatable bonds is 3.